The Morgan fingerprint density at radius 3 is 2.67 bits per heavy atom. The molecule has 1 aromatic carbocycles. The number of hydrogen-bond donors (Lipinski definition) is 2. The zero-order valence-corrected chi connectivity index (χ0v) is 15.5. The molecular weight excluding hydrogens is 422 g/mol. The summed E-state index contributed by atoms with van der Waals surface area (Å²) in [6.07, 6.45) is 1.46. The van der Waals surface area contributed by atoms with E-state index in [4.69, 9.17) is 29.0 Å². The van der Waals surface area contributed by atoms with Gasteiger partial charge in [-0.15, -0.1) is 0 Å². The quantitative estimate of drug-likeness (QED) is 0.425. The topological polar surface area (TPSA) is 55.9 Å². The smallest absolute Gasteiger partial charge is 0.0850 e. The fourth-order valence-corrected chi connectivity index (χ4v) is 3.13. The average molecular weight is 439 g/mol. The van der Waals surface area contributed by atoms with Gasteiger partial charge in [-0.25, -0.2) is 0 Å². The number of aromatic nitrogens is 2. The molecule has 21 heavy (non-hydrogen) atoms. The standard InChI is InChI=1S/C14H17Cl2IN4/c1-3-11-14(16)13(21(2)20-11)7-12(19-18)8-4-5-10(17)9(15)6-8/h4-6,12,19H,3,7,18H2,1-2H3. The Labute approximate surface area is 148 Å². The lowest BCUT2D eigenvalue weighted by Gasteiger charge is -2.17. The minimum Gasteiger partial charge on any atom is -0.271 e. The molecule has 2 rings (SSSR count). The van der Waals surface area contributed by atoms with Gasteiger partial charge < -0.3 is 0 Å². The predicted molar refractivity (Wildman–Crippen MR) is 95.5 cm³/mol. The molecule has 0 bridgehead atoms. The Hall–Kier alpha value is -0.340. The summed E-state index contributed by atoms with van der Waals surface area (Å²) in [5, 5.41) is 5.87. The molecule has 0 amide bonds. The van der Waals surface area contributed by atoms with Gasteiger partial charge in [0, 0.05) is 17.0 Å². The van der Waals surface area contributed by atoms with Crippen molar-refractivity contribution in [1.82, 2.24) is 15.2 Å². The Bertz CT molecular complexity index is 642. The molecule has 4 nitrogen and oxygen atoms in total. The van der Waals surface area contributed by atoms with Gasteiger partial charge in [-0.05, 0) is 46.7 Å². The van der Waals surface area contributed by atoms with Crippen molar-refractivity contribution in [3.8, 4) is 0 Å². The molecule has 0 fully saturated rings. The van der Waals surface area contributed by atoms with Crippen molar-refractivity contribution in [2.24, 2.45) is 12.9 Å². The summed E-state index contributed by atoms with van der Waals surface area (Å²) in [4.78, 5) is 0. The monoisotopic (exact) mass is 438 g/mol. The van der Waals surface area contributed by atoms with Gasteiger partial charge in [0.15, 0.2) is 0 Å². The van der Waals surface area contributed by atoms with E-state index >= 15 is 0 Å². The first-order valence-electron chi connectivity index (χ1n) is 6.59. The number of nitrogens with two attached hydrogens (primary N) is 1. The lowest BCUT2D eigenvalue weighted by Crippen LogP contribution is -2.30. The van der Waals surface area contributed by atoms with Gasteiger partial charge in [0.05, 0.1) is 27.5 Å². The number of hydrogen-bond acceptors (Lipinski definition) is 3. The van der Waals surface area contributed by atoms with Gasteiger partial charge >= 0.3 is 0 Å². The SMILES string of the molecule is CCc1nn(C)c(CC(NN)c2ccc(I)c(Cl)c2)c1Cl. The summed E-state index contributed by atoms with van der Waals surface area (Å²) in [6.45, 7) is 2.04. The number of aryl methyl sites for hydroxylation is 2. The first-order chi connectivity index (χ1) is 9.97. The van der Waals surface area contributed by atoms with Crippen LogP contribution in [0.25, 0.3) is 0 Å². The van der Waals surface area contributed by atoms with Crippen molar-refractivity contribution in [3.05, 3.63) is 48.8 Å². The molecule has 1 unspecified atom stereocenters. The minimum absolute atomic E-state index is 0.0721. The third-order valence-corrected chi connectivity index (χ3v) is 5.46. The highest BCUT2D eigenvalue weighted by Gasteiger charge is 2.19. The Morgan fingerprint density at radius 1 is 1.43 bits per heavy atom. The summed E-state index contributed by atoms with van der Waals surface area (Å²) < 4.78 is 2.83. The van der Waals surface area contributed by atoms with Gasteiger partial charge in [0.1, 0.15) is 0 Å². The van der Waals surface area contributed by atoms with Gasteiger partial charge in [0.25, 0.3) is 0 Å². The molecule has 1 heterocycles. The van der Waals surface area contributed by atoms with Crippen molar-refractivity contribution in [2.45, 2.75) is 25.8 Å². The fraction of sp³-hybridized carbons (Fsp3) is 0.357. The van der Waals surface area contributed by atoms with E-state index in [0.717, 1.165) is 37.0 Å². The average Bonchev–Trinajstić information content (AvgIpc) is 2.74. The summed E-state index contributed by atoms with van der Waals surface area (Å²) in [5.41, 5.74) is 5.73. The number of halogens is 3. The largest absolute Gasteiger partial charge is 0.271 e. The molecule has 0 aliphatic carbocycles. The zero-order chi connectivity index (χ0) is 15.6. The second-order valence-electron chi connectivity index (χ2n) is 4.78. The Kier molecular flexibility index (Phi) is 5.90. The third kappa shape index (κ3) is 3.71. The Balaban J connectivity index is 2.31. The molecule has 0 aliphatic rings. The molecule has 2 aromatic rings. The van der Waals surface area contributed by atoms with Crippen LogP contribution in [0.2, 0.25) is 10.0 Å². The van der Waals surface area contributed by atoms with Crippen LogP contribution in [0, 0.1) is 3.57 Å². The highest BCUT2D eigenvalue weighted by molar-refractivity contribution is 14.1. The van der Waals surface area contributed by atoms with Crippen LogP contribution < -0.4 is 11.3 Å². The van der Waals surface area contributed by atoms with E-state index in [9.17, 15) is 0 Å². The molecule has 1 atom stereocenters. The molecule has 3 N–H and O–H groups in total. The van der Waals surface area contributed by atoms with Crippen molar-refractivity contribution in [3.63, 3.8) is 0 Å². The van der Waals surface area contributed by atoms with E-state index in [-0.39, 0.29) is 6.04 Å². The summed E-state index contributed by atoms with van der Waals surface area (Å²) in [6, 6.07) is 5.85. The molecular formula is C14H17Cl2IN4. The van der Waals surface area contributed by atoms with Crippen molar-refractivity contribution in [2.75, 3.05) is 0 Å². The minimum atomic E-state index is -0.0721. The van der Waals surface area contributed by atoms with E-state index < -0.39 is 0 Å². The van der Waals surface area contributed by atoms with E-state index in [2.05, 4.69) is 33.1 Å². The second kappa shape index (κ2) is 7.28. The van der Waals surface area contributed by atoms with Gasteiger partial charge in [-0.2, -0.15) is 5.10 Å². The van der Waals surface area contributed by atoms with Crippen molar-refractivity contribution < 1.29 is 0 Å². The van der Waals surface area contributed by atoms with E-state index in [1.165, 1.54) is 0 Å². The predicted octanol–water partition coefficient (Wildman–Crippen LogP) is 3.64. The molecule has 1 aromatic heterocycles. The molecule has 114 valence electrons. The van der Waals surface area contributed by atoms with Crippen LogP contribution in [-0.4, -0.2) is 9.78 Å². The highest BCUT2D eigenvalue weighted by Crippen LogP contribution is 2.28. The third-order valence-electron chi connectivity index (χ3n) is 3.45. The first-order valence-corrected chi connectivity index (χ1v) is 8.42. The summed E-state index contributed by atoms with van der Waals surface area (Å²) in [7, 11) is 1.90. The van der Waals surface area contributed by atoms with Crippen molar-refractivity contribution >= 4 is 45.8 Å². The molecule has 0 saturated carbocycles. The summed E-state index contributed by atoms with van der Waals surface area (Å²) in [5.74, 6) is 5.71. The van der Waals surface area contributed by atoms with Crippen molar-refractivity contribution in [1.29, 1.82) is 0 Å². The van der Waals surface area contributed by atoms with E-state index in [1.54, 1.807) is 0 Å². The number of nitrogens with zero attached hydrogens (tertiary/aromatic N) is 2. The van der Waals surface area contributed by atoms with Crippen LogP contribution in [0.15, 0.2) is 18.2 Å². The molecule has 0 saturated heterocycles. The molecule has 0 aliphatic heterocycles. The lowest BCUT2D eigenvalue weighted by atomic mass is 10.0. The number of hydrazine groups is 1. The van der Waals surface area contributed by atoms with Gasteiger partial charge in [-0.3, -0.25) is 16.0 Å². The van der Waals surface area contributed by atoms with E-state index in [0.29, 0.717) is 6.42 Å². The first kappa shape index (κ1) is 17.0. The van der Waals surface area contributed by atoms with Crippen LogP contribution in [-0.2, 0) is 19.9 Å². The van der Waals surface area contributed by atoms with Crippen LogP contribution in [0.4, 0.5) is 0 Å². The maximum absolute atomic E-state index is 6.40. The zero-order valence-electron chi connectivity index (χ0n) is 11.8. The van der Waals surface area contributed by atoms with Gasteiger partial charge in [0.2, 0.25) is 0 Å². The normalized spacial score (nSPS) is 12.7. The van der Waals surface area contributed by atoms with Gasteiger partial charge in [-0.1, -0.05) is 36.2 Å². The maximum atomic E-state index is 6.40. The highest BCUT2D eigenvalue weighted by atomic mass is 127. The van der Waals surface area contributed by atoms with Crippen LogP contribution >= 0.6 is 45.8 Å². The summed E-state index contributed by atoms with van der Waals surface area (Å²) >= 11 is 14.8. The molecule has 0 spiro atoms. The van der Waals surface area contributed by atoms with Crippen LogP contribution in [0.5, 0.6) is 0 Å². The number of rotatable bonds is 5. The second-order valence-corrected chi connectivity index (χ2v) is 6.73. The lowest BCUT2D eigenvalue weighted by molar-refractivity contribution is 0.530. The van der Waals surface area contributed by atoms with Crippen LogP contribution in [0.1, 0.15) is 29.9 Å². The number of benzene rings is 1. The molecule has 7 heteroatoms. The fourth-order valence-electron chi connectivity index (χ4n) is 2.24. The van der Waals surface area contributed by atoms with E-state index in [1.807, 2.05) is 36.9 Å². The molecule has 0 radical (unpaired) electrons. The maximum Gasteiger partial charge on any atom is 0.0850 e. The number of nitrogens with one attached hydrogen (secondary N) is 1. The Morgan fingerprint density at radius 2 is 2.14 bits per heavy atom. The van der Waals surface area contributed by atoms with Crippen LogP contribution in [0.3, 0.4) is 0 Å².